The van der Waals surface area contributed by atoms with Crippen LogP contribution >= 0.6 is 0 Å². The van der Waals surface area contributed by atoms with E-state index >= 15 is 0 Å². The van der Waals surface area contributed by atoms with Crippen molar-refractivity contribution >= 4 is 17.5 Å². The summed E-state index contributed by atoms with van der Waals surface area (Å²) in [4.78, 5) is 30.9. The van der Waals surface area contributed by atoms with Crippen molar-refractivity contribution in [3.63, 3.8) is 0 Å². The van der Waals surface area contributed by atoms with Crippen LogP contribution in [0.3, 0.4) is 0 Å². The number of likely N-dealkylation sites (N-methyl/N-ethyl adjacent to an activating group) is 1. The Morgan fingerprint density at radius 3 is 2.31 bits per heavy atom. The van der Waals surface area contributed by atoms with E-state index in [1.807, 2.05) is 29.2 Å². The molecule has 0 saturated carbocycles. The van der Waals surface area contributed by atoms with Crippen LogP contribution in [0.4, 0.5) is 5.69 Å². The molecule has 1 fully saturated rings. The average Bonchev–Trinajstić information content (AvgIpc) is 2.66. The number of rotatable bonds is 8. The van der Waals surface area contributed by atoms with E-state index in [4.69, 9.17) is 0 Å². The van der Waals surface area contributed by atoms with Crippen LogP contribution in [0, 0.1) is 0 Å². The lowest BCUT2D eigenvalue weighted by Gasteiger charge is -2.35. The molecule has 1 aliphatic heterocycles. The first-order valence-electron chi connectivity index (χ1n) is 9.67. The highest BCUT2D eigenvalue weighted by Gasteiger charge is 2.23. The van der Waals surface area contributed by atoms with Crippen LogP contribution in [0.5, 0.6) is 0 Å². The summed E-state index contributed by atoms with van der Waals surface area (Å²) in [5.74, 6) is 0.198. The van der Waals surface area contributed by atoms with Crippen molar-refractivity contribution in [3.05, 3.63) is 29.8 Å². The highest BCUT2D eigenvalue weighted by molar-refractivity contribution is 5.93. The van der Waals surface area contributed by atoms with Crippen LogP contribution in [0.1, 0.15) is 26.3 Å². The minimum absolute atomic E-state index is 0.00816. The van der Waals surface area contributed by atoms with Gasteiger partial charge in [-0.3, -0.25) is 19.4 Å². The molecule has 144 valence electrons. The van der Waals surface area contributed by atoms with Crippen LogP contribution < -0.4 is 5.32 Å². The molecule has 2 amide bonds. The van der Waals surface area contributed by atoms with E-state index in [1.54, 1.807) is 0 Å². The number of benzene rings is 1. The van der Waals surface area contributed by atoms with Crippen LogP contribution in [-0.2, 0) is 16.0 Å². The lowest BCUT2D eigenvalue weighted by Crippen LogP contribution is -2.52. The second-order valence-corrected chi connectivity index (χ2v) is 6.68. The highest BCUT2D eigenvalue weighted by atomic mass is 16.2. The van der Waals surface area contributed by atoms with Crippen molar-refractivity contribution in [2.24, 2.45) is 0 Å². The predicted octanol–water partition coefficient (Wildman–Crippen LogP) is 1.67. The Labute approximate surface area is 157 Å². The molecule has 6 nitrogen and oxygen atoms in total. The van der Waals surface area contributed by atoms with Crippen molar-refractivity contribution in [1.82, 2.24) is 14.7 Å². The van der Waals surface area contributed by atoms with Gasteiger partial charge in [0.2, 0.25) is 11.8 Å². The Balaban J connectivity index is 1.77. The summed E-state index contributed by atoms with van der Waals surface area (Å²) >= 11 is 0. The maximum atomic E-state index is 12.4. The Kier molecular flexibility index (Phi) is 8.06. The Morgan fingerprint density at radius 2 is 1.69 bits per heavy atom. The summed E-state index contributed by atoms with van der Waals surface area (Å²) in [6, 6.07) is 7.91. The van der Waals surface area contributed by atoms with Crippen LogP contribution in [0.15, 0.2) is 24.3 Å². The van der Waals surface area contributed by atoms with E-state index < -0.39 is 0 Å². The van der Waals surface area contributed by atoms with Crippen molar-refractivity contribution in [3.8, 4) is 0 Å². The number of hydrogen-bond acceptors (Lipinski definition) is 4. The minimum Gasteiger partial charge on any atom is -0.339 e. The zero-order chi connectivity index (χ0) is 18.9. The molecule has 1 N–H and O–H groups in total. The Bertz CT molecular complexity index is 593. The van der Waals surface area contributed by atoms with Crippen molar-refractivity contribution in [2.45, 2.75) is 27.2 Å². The van der Waals surface area contributed by atoms with E-state index in [9.17, 15) is 9.59 Å². The molecule has 26 heavy (non-hydrogen) atoms. The van der Waals surface area contributed by atoms with Gasteiger partial charge in [-0.05, 0) is 31.1 Å². The van der Waals surface area contributed by atoms with Crippen molar-refractivity contribution in [2.75, 3.05) is 57.7 Å². The number of carbonyl (C=O) groups is 2. The quantitative estimate of drug-likeness (QED) is 0.766. The largest absolute Gasteiger partial charge is 0.339 e. The lowest BCUT2D eigenvalue weighted by molar-refractivity contribution is -0.134. The van der Waals surface area contributed by atoms with E-state index in [-0.39, 0.29) is 11.8 Å². The van der Waals surface area contributed by atoms with Gasteiger partial charge in [0.05, 0.1) is 13.1 Å². The second-order valence-electron chi connectivity index (χ2n) is 6.68. The fourth-order valence-corrected chi connectivity index (χ4v) is 3.24. The molecule has 1 aromatic rings. The molecule has 0 aliphatic carbocycles. The molecule has 0 aromatic heterocycles. The molecule has 1 heterocycles. The van der Waals surface area contributed by atoms with Crippen molar-refractivity contribution in [1.29, 1.82) is 0 Å². The number of para-hydroxylation sites is 1. The first-order chi connectivity index (χ1) is 12.6. The van der Waals surface area contributed by atoms with Crippen molar-refractivity contribution < 1.29 is 9.59 Å². The Hall–Kier alpha value is -1.92. The number of piperazine rings is 1. The molecular weight excluding hydrogens is 328 g/mol. The molecule has 1 aliphatic rings. The summed E-state index contributed by atoms with van der Waals surface area (Å²) in [5.41, 5.74) is 2.04. The number of nitrogens with zero attached hydrogens (tertiary/aromatic N) is 3. The number of carbonyl (C=O) groups excluding carboxylic acids is 2. The first-order valence-corrected chi connectivity index (χ1v) is 9.67. The van der Waals surface area contributed by atoms with Gasteiger partial charge in [-0.25, -0.2) is 0 Å². The molecule has 0 spiro atoms. The number of nitrogens with one attached hydrogen (secondary N) is 1. The van der Waals surface area contributed by atoms with E-state index in [1.165, 1.54) is 0 Å². The summed E-state index contributed by atoms with van der Waals surface area (Å²) < 4.78 is 0. The zero-order valence-electron chi connectivity index (χ0n) is 16.3. The van der Waals surface area contributed by atoms with Gasteiger partial charge < -0.3 is 10.2 Å². The predicted molar refractivity (Wildman–Crippen MR) is 105 cm³/mol. The van der Waals surface area contributed by atoms with Crippen LogP contribution in [-0.4, -0.2) is 78.9 Å². The number of hydrogen-bond donors (Lipinski definition) is 1. The third-order valence-electron chi connectivity index (χ3n) is 5.02. The number of aryl methyl sites for hydroxylation is 1. The fraction of sp³-hybridized carbons (Fsp3) is 0.600. The molecule has 0 bridgehead atoms. The second kappa shape index (κ2) is 10.3. The topological polar surface area (TPSA) is 55.9 Å². The number of amides is 2. The van der Waals surface area contributed by atoms with Gasteiger partial charge in [0.25, 0.3) is 0 Å². The van der Waals surface area contributed by atoms with Gasteiger partial charge in [-0.15, -0.1) is 0 Å². The van der Waals surface area contributed by atoms with Crippen LogP contribution in [0.25, 0.3) is 0 Å². The zero-order valence-corrected chi connectivity index (χ0v) is 16.3. The SMILES string of the molecule is CCc1ccccc1NC(=O)CN1CCN(C(=O)CN(CC)CC)CC1. The third kappa shape index (κ3) is 5.81. The van der Waals surface area contributed by atoms with Gasteiger partial charge in [-0.2, -0.15) is 0 Å². The monoisotopic (exact) mass is 360 g/mol. The minimum atomic E-state index is 0.00816. The summed E-state index contributed by atoms with van der Waals surface area (Å²) in [5, 5.41) is 3.02. The smallest absolute Gasteiger partial charge is 0.238 e. The van der Waals surface area contributed by atoms with Gasteiger partial charge in [0.15, 0.2) is 0 Å². The third-order valence-corrected chi connectivity index (χ3v) is 5.02. The molecule has 6 heteroatoms. The molecule has 1 aromatic carbocycles. The van der Waals surface area contributed by atoms with Gasteiger partial charge >= 0.3 is 0 Å². The maximum absolute atomic E-state index is 12.4. The standard InChI is InChI=1S/C20H32N4O2/c1-4-17-9-7-8-10-18(17)21-19(25)15-23-11-13-24(14-12-23)20(26)16-22(5-2)6-3/h7-10H,4-6,11-16H2,1-3H3,(H,21,25). The fourth-order valence-electron chi connectivity index (χ4n) is 3.24. The average molecular weight is 361 g/mol. The molecule has 0 radical (unpaired) electrons. The molecular formula is C20H32N4O2. The maximum Gasteiger partial charge on any atom is 0.238 e. The summed E-state index contributed by atoms with van der Waals surface area (Å²) in [7, 11) is 0. The number of anilines is 1. The highest BCUT2D eigenvalue weighted by Crippen LogP contribution is 2.15. The molecule has 0 unspecified atom stereocenters. The van der Waals surface area contributed by atoms with Gasteiger partial charge in [0, 0.05) is 31.9 Å². The van der Waals surface area contributed by atoms with E-state index in [2.05, 4.69) is 35.9 Å². The summed E-state index contributed by atoms with van der Waals surface area (Å²) in [6.45, 7) is 11.7. The van der Waals surface area contributed by atoms with E-state index in [0.29, 0.717) is 26.2 Å². The first kappa shape index (κ1) is 20.4. The van der Waals surface area contributed by atoms with E-state index in [0.717, 1.165) is 43.9 Å². The molecule has 0 atom stereocenters. The summed E-state index contributed by atoms with van der Waals surface area (Å²) in [6.07, 6.45) is 0.893. The van der Waals surface area contributed by atoms with Gasteiger partial charge in [0.1, 0.15) is 0 Å². The molecule has 1 saturated heterocycles. The lowest BCUT2D eigenvalue weighted by atomic mass is 10.1. The van der Waals surface area contributed by atoms with Gasteiger partial charge in [-0.1, -0.05) is 39.0 Å². The van der Waals surface area contributed by atoms with Crippen LogP contribution in [0.2, 0.25) is 0 Å². The Morgan fingerprint density at radius 1 is 1.04 bits per heavy atom. The molecule has 2 rings (SSSR count). The normalized spacial score (nSPS) is 15.3.